The van der Waals surface area contributed by atoms with Gasteiger partial charge in [-0.15, -0.1) is 0 Å². The lowest BCUT2D eigenvalue weighted by molar-refractivity contribution is -0.147. The summed E-state index contributed by atoms with van der Waals surface area (Å²) in [5.41, 5.74) is 0. The number of rotatable bonds is 2. The Bertz CT molecular complexity index is 358. The fraction of sp³-hybridized carbons (Fsp3) is 0.500. The zero-order chi connectivity index (χ0) is 10.9. The molecule has 0 atom stereocenters. The van der Waals surface area contributed by atoms with Gasteiger partial charge in [-0.2, -0.15) is 18.3 Å². The van der Waals surface area contributed by atoms with Gasteiger partial charge in [-0.25, -0.2) is 9.67 Å². The van der Waals surface area contributed by atoms with Crippen LogP contribution in [0, 0.1) is 0 Å². The van der Waals surface area contributed by atoms with Gasteiger partial charge in [-0.3, -0.25) is 4.79 Å². The van der Waals surface area contributed by atoms with E-state index in [1.54, 1.807) is 0 Å². The molecule has 0 bridgehead atoms. The van der Waals surface area contributed by atoms with Crippen LogP contribution in [-0.4, -0.2) is 25.8 Å². The van der Waals surface area contributed by atoms with E-state index in [2.05, 4.69) is 10.1 Å². The maximum atomic E-state index is 12.1. The average Bonchev–Trinajstić information content (AvgIpc) is 2.27. The van der Waals surface area contributed by atoms with Crippen molar-refractivity contribution in [2.24, 2.45) is 7.05 Å². The SMILES string of the molecule is Cn1nc(CC(=O)O)nc1C(F)(F)F. The molecule has 0 spiro atoms. The van der Waals surface area contributed by atoms with Gasteiger partial charge in [0.05, 0.1) is 0 Å². The van der Waals surface area contributed by atoms with Crippen molar-refractivity contribution in [1.82, 2.24) is 14.8 Å². The van der Waals surface area contributed by atoms with E-state index in [1.165, 1.54) is 0 Å². The quantitative estimate of drug-likeness (QED) is 0.768. The van der Waals surface area contributed by atoms with Crippen LogP contribution >= 0.6 is 0 Å². The molecule has 1 aromatic rings. The van der Waals surface area contributed by atoms with E-state index in [9.17, 15) is 18.0 Å². The van der Waals surface area contributed by atoms with Crippen LogP contribution in [0.5, 0.6) is 0 Å². The van der Waals surface area contributed by atoms with Gasteiger partial charge in [0, 0.05) is 7.05 Å². The van der Waals surface area contributed by atoms with Gasteiger partial charge >= 0.3 is 12.1 Å². The third-order valence-corrected chi connectivity index (χ3v) is 1.37. The molecule has 0 aliphatic rings. The van der Waals surface area contributed by atoms with Crippen molar-refractivity contribution in [2.75, 3.05) is 0 Å². The Morgan fingerprint density at radius 1 is 1.57 bits per heavy atom. The van der Waals surface area contributed by atoms with Crippen molar-refractivity contribution in [1.29, 1.82) is 0 Å². The molecule has 0 aromatic carbocycles. The van der Waals surface area contributed by atoms with E-state index < -0.39 is 24.4 Å². The number of hydrogen-bond donors (Lipinski definition) is 1. The molecule has 0 aliphatic carbocycles. The Labute approximate surface area is 76.2 Å². The number of halogens is 3. The Balaban J connectivity index is 2.99. The second-order valence-corrected chi connectivity index (χ2v) is 2.54. The summed E-state index contributed by atoms with van der Waals surface area (Å²) in [5.74, 6) is -2.83. The van der Waals surface area contributed by atoms with Crippen LogP contribution in [0.1, 0.15) is 11.6 Å². The molecule has 1 aromatic heterocycles. The molecule has 78 valence electrons. The van der Waals surface area contributed by atoms with Crippen LogP contribution in [0.3, 0.4) is 0 Å². The highest BCUT2D eigenvalue weighted by Crippen LogP contribution is 2.26. The molecule has 0 amide bonds. The summed E-state index contributed by atoms with van der Waals surface area (Å²) in [6.45, 7) is 0. The summed E-state index contributed by atoms with van der Waals surface area (Å²) in [6.07, 6.45) is -5.23. The molecule has 1 heterocycles. The highest BCUT2D eigenvalue weighted by atomic mass is 19.4. The van der Waals surface area contributed by atoms with Crippen molar-refractivity contribution in [3.05, 3.63) is 11.6 Å². The number of aliphatic carboxylic acids is 1. The summed E-state index contributed by atoms with van der Waals surface area (Å²) < 4.78 is 36.9. The van der Waals surface area contributed by atoms with E-state index in [0.29, 0.717) is 4.68 Å². The highest BCUT2D eigenvalue weighted by Gasteiger charge is 2.37. The molecule has 1 rings (SSSR count). The summed E-state index contributed by atoms with van der Waals surface area (Å²) in [6, 6.07) is 0. The van der Waals surface area contributed by atoms with Crippen molar-refractivity contribution in [3.63, 3.8) is 0 Å². The first-order valence-electron chi connectivity index (χ1n) is 3.49. The van der Waals surface area contributed by atoms with Crippen LogP contribution < -0.4 is 0 Å². The first kappa shape index (κ1) is 10.5. The number of carboxylic acid groups (broad SMARTS) is 1. The molecule has 1 N–H and O–H groups in total. The van der Waals surface area contributed by atoms with Gasteiger partial charge < -0.3 is 5.11 Å². The number of carboxylic acids is 1. The van der Waals surface area contributed by atoms with E-state index in [4.69, 9.17) is 5.11 Å². The molecular weight excluding hydrogens is 203 g/mol. The number of hydrogen-bond acceptors (Lipinski definition) is 3. The highest BCUT2D eigenvalue weighted by molar-refractivity contribution is 5.68. The predicted molar refractivity (Wildman–Crippen MR) is 37.3 cm³/mol. The predicted octanol–water partition coefficient (Wildman–Crippen LogP) is 0.461. The molecule has 0 aliphatic heterocycles. The zero-order valence-electron chi connectivity index (χ0n) is 7.04. The van der Waals surface area contributed by atoms with Gasteiger partial charge in [0.1, 0.15) is 6.42 Å². The Hall–Kier alpha value is -1.60. The molecule has 8 heteroatoms. The summed E-state index contributed by atoms with van der Waals surface area (Å²) in [5, 5.41) is 11.6. The molecule has 0 fully saturated rings. The smallest absolute Gasteiger partial charge is 0.451 e. The van der Waals surface area contributed by atoms with Crippen molar-refractivity contribution in [2.45, 2.75) is 12.6 Å². The van der Waals surface area contributed by atoms with Gasteiger partial charge in [0.2, 0.25) is 5.82 Å². The topological polar surface area (TPSA) is 68.0 Å². The van der Waals surface area contributed by atoms with E-state index in [1.807, 2.05) is 0 Å². The number of alkyl halides is 3. The van der Waals surface area contributed by atoms with Gasteiger partial charge in [0.15, 0.2) is 5.82 Å². The second-order valence-electron chi connectivity index (χ2n) is 2.54. The van der Waals surface area contributed by atoms with E-state index in [0.717, 1.165) is 7.05 Å². The van der Waals surface area contributed by atoms with Crippen molar-refractivity contribution >= 4 is 5.97 Å². The Morgan fingerprint density at radius 2 is 2.14 bits per heavy atom. The fourth-order valence-electron chi connectivity index (χ4n) is 0.894. The lowest BCUT2D eigenvalue weighted by Gasteiger charge is -2.02. The average molecular weight is 209 g/mol. The minimum Gasteiger partial charge on any atom is -0.481 e. The van der Waals surface area contributed by atoms with Crippen molar-refractivity contribution < 1.29 is 23.1 Å². The minimum atomic E-state index is -4.61. The number of carbonyl (C=O) groups is 1. The normalized spacial score (nSPS) is 11.7. The monoisotopic (exact) mass is 209 g/mol. The first-order valence-corrected chi connectivity index (χ1v) is 3.49. The summed E-state index contributed by atoms with van der Waals surface area (Å²) >= 11 is 0. The van der Waals surface area contributed by atoms with Crippen LogP contribution in [-0.2, 0) is 24.4 Å². The minimum absolute atomic E-state index is 0.354. The third-order valence-electron chi connectivity index (χ3n) is 1.37. The Kier molecular flexibility index (Phi) is 2.45. The Morgan fingerprint density at radius 3 is 2.50 bits per heavy atom. The molecule has 0 saturated heterocycles. The first-order chi connectivity index (χ1) is 6.30. The van der Waals surface area contributed by atoms with Gasteiger partial charge in [-0.05, 0) is 0 Å². The molecule has 14 heavy (non-hydrogen) atoms. The lowest BCUT2D eigenvalue weighted by Crippen LogP contribution is -2.13. The number of nitrogens with zero attached hydrogens (tertiary/aromatic N) is 3. The van der Waals surface area contributed by atoms with Crippen LogP contribution in [0.15, 0.2) is 0 Å². The second kappa shape index (κ2) is 3.28. The maximum Gasteiger partial charge on any atom is 0.451 e. The van der Waals surface area contributed by atoms with Gasteiger partial charge in [0.25, 0.3) is 0 Å². The van der Waals surface area contributed by atoms with E-state index >= 15 is 0 Å². The van der Waals surface area contributed by atoms with Crippen LogP contribution in [0.4, 0.5) is 13.2 Å². The molecule has 0 radical (unpaired) electrons. The maximum absolute atomic E-state index is 12.1. The number of aromatic nitrogens is 3. The fourth-order valence-corrected chi connectivity index (χ4v) is 0.894. The van der Waals surface area contributed by atoms with Crippen LogP contribution in [0.25, 0.3) is 0 Å². The zero-order valence-corrected chi connectivity index (χ0v) is 7.04. The summed E-state index contributed by atoms with van der Waals surface area (Å²) in [7, 11) is 1.06. The van der Waals surface area contributed by atoms with Crippen molar-refractivity contribution in [3.8, 4) is 0 Å². The lowest BCUT2D eigenvalue weighted by atomic mass is 10.4. The molecule has 0 unspecified atom stereocenters. The largest absolute Gasteiger partial charge is 0.481 e. The molecule has 5 nitrogen and oxygen atoms in total. The molecule has 0 saturated carbocycles. The van der Waals surface area contributed by atoms with E-state index in [-0.39, 0.29) is 5.82 Å². The number of aryl methyl sites for hydroxylation is 1. The van der Waals surface area contributed by atoms with Crippen LogP contribution in [0.2, 0.25) is 0 Å². The standard InChI is InChI=1S/C6H6F3N3O2/c1-12-5(6(7,8)9)10-3(11-12)2-4(13)14/h2H2,1H3,(H,13,14). The molecular formula is C6H6F3N3O2. The summed E-state index contributed by atoms with van der Waals surface area (Å²) in [4.78, 5) is 13.2. The third kappa shape index (κ3) is 2.21. The van der Waals surface area contributed by atoms with Gasteiger partial charge in [-0.1, -0.05) is 0 Å².